The number of benzene rings is 1. The molecule has 0 aliphatic heterocycles. The van der Waals surface area contributed by atoms with Gasteiger partial charge < -0.3 is 14.8 Å². The van der Waals surface area contributed by atoms with Crippen LogP contribution in [0.5, 0.6) is 5.75 Å². The van der Waals surface area contributed by atoms with E-state index < -0.39 is 0 Å². The number of hydrogen-bond acceptors (Lipinski definition) is 4. The van der Waals surface area contributed by atoms with Gasteiger partial charge in [0.05, 0.1) is 11.6 Å². The van der Waals surface area contributed by atoms with Crippen molar-refractivity contribution >= 4 is 39.2 Å². The molecule has 0 fully saturated rings. The zero-order chi connectivity index (χ0) is 16.5. The Hall–Kier alpha value is -1.38. The summed E-state index contributed by atoms with van der Waals surface area (Å²) in [7, 11) is 4.90. The summed E-state index contributed by atoms with van der Waals surface area (Å²) in [6.45, 7) is 1.34. The maximum Gasteiger partial charge on any atom is 0.269 e. The lowest BCUT2D eigenvalue weighted by Crippen LogP contribution is -2.48. The van der Waals surface area contributed by atoms with E-state index in [0.717, 1.165) is 6.42 Å². The van der Waals surface area contributed by atoms with Gasteiger partial charge in [-0.3, -0.25) is 15.2 Å². The SMILES string of the molecule is COCCCNC(=S)N(C)NC(=O)c1ccc(OC)c(Br)c1. The van der Waals surface area contributed by atoms with Crippen LogP contribution in [0.3, 0.4) is 0 Å². The van der Waals surface area contributed by atoms with Gasteiger partial charge in [-0.2, -0.15) is 0 Å². The molecule has 1 rings (SSSR count). The Morgan fingerprint density at radius 3 is 2.73 bits per heavy atom. The van der Waals surface area contributed by atoms with Crippen LogP contribution in [-0.4, -0.2) is 50.4 Å². The fourth-order valence-electron chi connectivity index (χ4n) is 1.61. The Morgan fingerprint density at radius 2 is 2.14 bits per heavy atom. The molecule has 0 unspecified atom stereocenters. The van der Waals surface area contributed by atoms with Gasteiger partial charge in [-0.05, 0) is 52.8 Å². The molecule has 1 aromatic rings. The molecule has 22 heavy (non-hydrogen) atoms. The minimum Gasteiger partial charge on any atom is -0.496 e. The summed E-state index contributed by atoms with van der Waals surface area (Å²) >= 11 is 8.54. The van der Waals surface area contributed by atoms with Crippen molar-refractivity contribution in [2.24, 2.45) is 0 Å². The Kier molecular flexibility index (Phi) is 8.15. The van der Waals surface area contributed by atoms with Crippen molar-refractivity contribution in [3.8, 4) is 5.75 Å². The van der Waals surface area contributed by atoms with Gasteiger partial charge in [0.1, 0.15) is 5.75 Å². The van der Waals surface area contributed by atoms with Crippen molar-refractivity contribution in [2.75, 3.05) is 34.4 Å². The predicted molar refractivity (Wildman–Crippen MR) is 93.0 cm³/mol. The molecular formula is C14H20BrN3O3S. The number of halogens is 1. The summed E-state index contributed by atoms with van der Waals surface area (Å²) in [6, 6.07) is 5.10. The lowest BCUT2D eigenvalue weighted by Gasteiger charge is -2.21. The van der Waals surface area contributed by atoms with Crippen molar-refractivity contribution < 1.29 is 14.3 Å². The Morgan fingerprint density at radius 1 is 1.41 bits per heavy atom. The monoisotopic (exact) mass is 389 g/mol. The Balaban J connectivity index is 2.53. The second-order valence-corrected chi connectivity index (χ2v) is 5.67. The van der Waals surface area contributed by atoms with Crippen LogP contribution in [0.4, 0.5) is 0 Å². The third kappa shape index (κ3) is 5.78. The molecule has 0 bridgehead atoms. The van der Waals surface area contributed by atoms with Gasteiger partial charge in [0.2, 0.25) is 0 Å². The van der Waals surface area contributed by atoms with E-state index in [1.54, 1.807) is 39.5 Å². The molecule has 1 amide bonds. The molecule has 1 aromatic carbocycles. The first-order valence-corrected chi connectivity index (χ1v) is 7.84. The zero-order valence-corrected chi connectivity index (χ0v) is 15.2. The molecule has 122 valence electrons. The number of nitrogens with one attached hydrogen (secondary N) is 2. The van der Waals surface area contributed by atoms with Crippen LogP contribution >= 0.6 is 28.1 Å². The molecule has 0 radical (unpaired) electrons. The molecule has 6 nitrogen and oxygen atoms in total. The fraction of sp³-hybridized carbons (Fsp3) is 0.429. The molecule has 0 aromatic heterocycles. The minimum absolute atomic E-state index is 0.258. The summed E-state index contributed by atoms with van der Waals surface area (Å²) in [6.07, 6.45) is 0.837. The predicted octanol–water partition coefficient (Wildman–Crippen LogP) is 1.95. The van der Waals surface area contributed by atoms with Gasteiger partial charge >= 0.3 is 0 Å². The molecule has 0 aliphatic rings. The number of carbonyl (C=O) groups excluding carboxylic acids is 1. The normalized spacial score (nSPS) is 10.0. The molecule has 0 saturated heterocycles. The van der Waals surface area contributed by atoms with E-state index in [1.165, 1.54) is 5.01 Å². The van der Waals surface area contributed by atoms with E-state index in [2.05, 4.69) is 26.7 Å². The third-order valence-electron chi connectivity index (χ3n) is 2.79. The largest absolute Gasteiger partial charge is 0.496 e. The number of thiocarbonyl (C=S) groups is 1. The van der Waals surface area contributed by atoms with Gasteiger partial charge in [0, 0.05) is 32.9 Å². The first-order chi connectivity index (χ1) is 10.5. The highest BCUT2D eigenvalue weighted by molar-refractivity contribution is 9.10. The molecule has 0 heterocycles. The number of carbonyl (C=O) groups is 1. The lowest BCUT2D eigenvalue weighted by molar-refractivity contribution is 0.0886. The number of nitrogens with zero attached hydrogens (tertiary/aromatic N) is 1. The van der Waals surface area contributed by atoms with Gasteiger partial charge in [-0.25, -0.2) is 0 Å². The smallest absolute Gasteiger partial charge is 0.269 e. The van der Waals surface area contributed by atoms with Crippen LogP contribution in [0.1, 0.15) is 16.8 Å². The lowest BCUT2D eigenvalue weighted by atomic mass is 10.2. The molecule has 0 spiro atoms. The number of methoxy groups -OCH3 is 2. The van der Waals surface area contributed by atoms with E-state index in [1.807, 2.05) is 0 Å². The van der Waals surface area contributed by atoms with E-state index >= 15 is 0 Å². The summed E-state index contributed by atoms with van der Waals surface area (Å²) < 4.78 is 10.8. The van der Waals surface area contributed by atoms with Crippen molar-refractivity contribution in [2.45, 2.75) is 6.42 Å². The Labute approximate surface area is 144 Å². The standard InChI is InChI=1S/C14H20BrN3O3S/c1-18(14(22)16-7-4-8-20-2)17-13(19)10-5-6-12(21-3)11(15)9-10/h5-6,9H,4,7-8H2,1-3H3,(H,16,22)(H,17,19). The van der Waals surface area contributed by atoms with Crippen LogP contribution < -0.4 is 15.5 Å². The van der Waals surface area contributed by atoms with E-state index in [9.17, 15) is 4.79 Å². The van der Waals surface area contributed by atoms with Crippen LogP contribution in [-0.2, 0) is 4.74 Å². The number of ether oxygens (including phenoxy) is 2. The van der Waals surface area contributed by atoms with Crippen LogP contribution in [0, 0.1) is 0 Å². The van der Waals surface area contributed by atoms with Crippen molar-refractivity contribution in [3.63, 3.8) is 0 Å². The van der Waals surface area contributed by atoms with E-state index in [4.69, 9.17) is 21.7 Å². The van der Waals surface area contributed by atoms with Crippen molar-refractivity contribution in [3.05, 3.63) is 28.2 Å². The first-order valence-electron chi connectivity index (χ1n) is 6.64. The number of rotatable bonds is 6. The number of hydrazine groups is 1. The maximum absolute atomic E-state index is 12.2. The van der Waals surface area contributed by atoms with Gasteiger partial charge in [-0.15, -0.1) is 0 Å². The summed E-state index contributed by atoms with van der Waals surface area (Å²) in [5.41, 5.74) is 3.20. The zero-order valence-electron chi connectivity index (χ0n) is 12.8. The van der Waals surface area contributed by atoms with Crippen LogP contribution in [0.2, 0.25) is 0 Å². The van der Waals surface area contributed by atoms with E-state index in [0.29, 0.717) is 34.0 Å². The second kappa shape index (κ2) is 9.60. The maximum atomic E-state index is 12.2. The highest BCUT2D eigenvalue weighted by Gasteiger charge is 2.12. The Bertz CT molecular complexity index is 528. The minimum atomic E-state index is -0.258. The van der Waals surface area contributed by atoms with Crippen LogP contribution in [0.25, 0.3) is 0 Å². The fourth-order valence-corrected chi connectivity index (χ4v) is 2.29. The highest BCUT2D eigenvalue weighted by Crippen LogP contribution is 2.25. The third-order valence-corrected chi connectivity index (χ3v) is 3.83. The first kappa shape index (κ1) is 18.7. The summed E-state index contributed by atoms with van der Waals surface area (Å²) in [5, 5.41) is 4.95. The molecule has 0 atom stereocenters. The van der Waals surface area contributed by atoms with Gasteiger partial charge in [-0.1, -0.05) is 0 Å². The average molecular weight is 390 g/mol. The average Bonchev–Trinajstić information content (AvgIpc) is 2.51. The van der Waals surface area contributed by atoms with E-state index in [-0.39, 0.29) is 5.91 Å². The summed E-state index contributed by atoms with van der Waals surface area (Å²) in [5.74, 6) is 0.409. The van der Waals surface area contributed by atoms with Crippen molar-refractivity contribution in [1.82, 2.24) is 15.8 Å². The molecule has 2 N–H and O–H groups in total. The number of hydrogen-bond donors (Lipinski definition) is 2. The topological polar surface area (TPSA) is 62.8 Å². The quantitative estimate of drug-likeness (QED) is 0.440. The molecule has 8 heteroatoms. The molecule has 0 saturated carbocycles. The highest BCUT2D eigenvalue weighted by atomic mass is 79.9. The number of amides is 1. The van der Waals surface area contributed by atoms with Gasteiger partial charge in [0.25, 0.3) is 5.91 Å². The summed E-state index contributed by atoms with van der Waals surface area (Å²) in [4.78, 5) is 12.2. The molecule has 0 aliphatic carbocycles. The van der Waals surface area contributed by atoms with Gasteiger partial charge in [0.15, 0.2) is 5.11 Å². The van der Waals surface area contributed by atoms with Crippen LogP contribution in [0.15, 0.2) is 22.7 Å². The second-order valence-electron chi connectivity index (χ2n) is 4.43. The van der Waals surface area contributed by atoms with Crippen molar-refractivity contribution in [1.29, 1.82) is 0 Å². The molecular weight excluding hydrogens is 370 g/mol.